The molecule has 8 heteroatoms. The third-order valence-corrected chi connectivity index (χ3v) is 4.95. The van der Waals surface area contributed by atoms with Crippen molar-refractivity contribution in [1.82, 2.24) is 25.4 Å². The predicted molar refractivity (Wildman–Crippen MR) is 101 cm³/mol. The van der Waals surface area contributed by atoms with Crippen LogP contribution >= 0.6 is 11.8 Å². The summed E-state index contributed by atoms with van der Waals surface area (Å²) in [4.78, 5) is 0. The molecule has 0 spiro atoms. The van der Waals surface area contributed by atoms with Crippen molar-refractivity contribution in [2.24, 2.45) is 0 Å². The molecule has 136 valence electrons. The van der Waals surface area contributed by atoms with Crippen molar-refractivity contribution in [3.63, 3.8) is 0 Å². The Labute approximate surface area is 160 Å². The number of hydrogen-bond donors (Lipinski definition) is 0. The highest BCUT2D eigenvalue weighted by Crippen LogP contribution is 2.25. The van der Waals surface area contributed by atoms with Crippen LogP contribution < -0.4 is 4.74 Å². The van der Waals surface area contributed by atoms with E-state index in [9.17, 15) is 0 Å². The summed E-state index contributed by atoms with van der Waals surface area (Å²) in [5.41, 5.74) is 2.95. The standard InChI is InChI=1S/C19H17N5O2S/c1-25-17-9-7-14(8-10-17)12-24-19(20-22-23-24)27-13-16-11-18(26-21-16)15-5-3-2-4-6-15/h2-11H,12-13H2,1H3. The highest BCUT2D eigenvalue weighted by atomic mass is 32.2. The van der Waals surface area contributed by atoms with Crippen LogP contribution in [0.3, 0.4) is 0 Å². The normalized spacial score (nSPS) is 10.9. The molecule has 0 aliphatic heterocycles. The highest BCUT2D eigenvalue weighted by molar-refractivity contribution is 7.98. The quantitative estimate of drug-likeness (QED) is 0.453. The molecule has 0 aliphatic rings. The molecule has 4 aromatic rings. The van der Waals surface area contributed by atoms with Gasteiger partial charge in [-0.15, -0.1) is 5.10 Å². The number of benzene rings is 2. The van der Waals surface area contributed by atoms with Crippen LogP contribution in [0.15, 0.2) is 70.3 Å². The fraction of sp³-hybridized carbons (Fsp3) is 0.158. The van der Waals surface area contributed by atoms with E-state index in [0.717, 1.165) is 33.5 Å². The molecule has 0 saturated heterocycles. The number of tetrazole rings is 1. The molecule has 4 rings (SSSR count). The van der Waals surface area contributed by atoms with Crippen LogP contribution in [0.25, 0.3) is 11.3 Å². The van der Waals surface area contributed by atoms with Gasteiger partial charge < -0.3 is 9.26 Å². The molecule has 2 aromatic heterocycles. The Morgan fingerprint density at radius 2 is 1.89 bits per heavy atom. The molecule has 0 unspecified atom stereocenters. The largest absolute Gasteiger partial charge is 0.497 e. The Kier molecular flexibility index (Phi) is 5.15. The van der Waals surface area contributed by atoms with E-state index in [2.05, 4.69) is 20.7 Å². The number of hydrogen-bond acceptors (Lipinski definition) is 7. The van der Waals surface area contributed by atoms with E-state index < -0.39 is 0 Å². The van der Waals surface area contributed by atoms with Crippen LogP contribution in [-0.2, 0) is 12.3 Å². The molecule has 0 radical (unpaired) electrons. The Hall–Kier alpha value is -3.13. The van der Waals surface area contributed by atoms with Gasteiger partial charge in [-0.25, -0.2) is 4.68 Å². The van der Waals surface area contributed by atoms with E-state index in [1.54, 1.807) is 11.8 Å². The van der Waals surface area contributed by atoms with E-state index >= 15 is 0 Å². The molecule has 2 aromatic carbocycles. The lowest BCUT2D eigenvalue weighted by Gasteiger charge is -2.05. The van der Waals surface area contributed by atoms with Gasteiger partial charge in [0.25, 0.3) is 0 Å². The van der Waals surface area contributed by atoms with Gasteiger partial charge in [-0.1, -0.05) is 59.4 Å². The molecule has 7 nitrogen and oxygen atoms in total. The first-order valence-corrected chi connectivity index (χ1v) is 9.33. The van der Waals surface area contributed by atoms with Gasteiger partial charge >= 0.3 is 0 Å². The first-order chi connectivity index (χ1) is 13.3. The second-order valence-corrected chi connectivity index (χ2v) is 6.75. The molecule has 2 heterocycles. The van der Waals surface area contributed by atoms with Gasteiger partial charge in [-0.05, 0) is 28.1 Å². The zero-order chi connectivity index (χ0) is 18.5. The van der Waals surface area contributed by atoms with E-state index in [1.165, 1.54) is 11.8 Å². The lowest BCUT2D eigenvalue weighted by molar-refractivity contribution is 0.414. The monoisotopic (exact) mass is 379 g/mol. The Balaban J connectivity index is 1.41. The molecule has 0 saturated carbocycles. The number of ether oxygens (including phenoxy) is 1. The molecule has 0 bridgehead atoms. The summed E-state index contributed by atoms with van der Waals surface area (Å²) in [5.74, 6) is 2.20. The van der Waals surface area contributed by atoms with Crippen LogP contribution in [0, 0.1) is 0 Å². The molecule has 27 heavy (non-hydrogen) atoms. The molecule has 0 fully saturated rings. The van der Waals surface area contributed by atoms with Gasteiger partial charge in [0, 0.05) is 17.4 Å². The van der Waals surface area contributed by atoms with Crippen molar-refractivity contribution < 1.29 is 9.26 Å². The Bertz CT molecular complexity index is 998. The zero-order valence-electron chi connectivity index (χ0n) is 14.6. The van der Waals surface area contributed by atoms with Gasteiger partial charge in [0.15, 0.2) is 5.76 Å². The third kappa shape index (κ3) is 4.17. The second-order valence-electron chi connectivity index (χ2n) is 5.80. The third-order valence-electron chi connectivity index (χ3n) is 3.96. The maximum absolute atomic E-state index is 5.43. The van der Waals surface area contributed by atoms with Crippen molar-refractivity contribution >= 4 is 11.8 Å². The lowest BCUT2D eigenvalue weighted by Crippen LogP contribution is -2.04. The minimum Gasteiger partial charge on any atom is -0.497 e. The van der Waals surface area contributed by atoms with Crippen LogP contribution in [0.2, 0.25) is 0 Å². The number of methoxy groups -OCH3 is 1. The molecule has 0 amide bonds. The maximum atomic E-state index is 5.43. The number of rotatable bonds is 7. The topological polar surface area (TPSA) is 78.9 Å². The van der Waals surface area contributed by atoms with Gasteiger partial charge in [0.2, 0.25) is 5.16 Å². The van der Waals surface area contributed by atoms with Crippen molar-refractivity contribution in [3.05, 3.63) is 71.9 Å². The van der Waals surface area contributed by atoms with E-state index in [-0.39, 0.29) is 0 Å². The summed E-state index contributed by atoms with van der Waals surface area (Å²) < 4.78 is 12.4. The molecule has 0 aliphatic carbocycles. The van der Waals surface area contributed by atoms with E-state index in [0.29, 0.717) is 12.3 Å². The van der Waals surface area contributed by atoms with Gasteiger partial charge in [-0.2, -0.15) is 0 Å². The molecular weight excluding hydrogens is 362 g/mol. The molecular formula is C19H17N5O2S. The van der Waals surface area contributed by atoms with Crippen LogP contribution in [0.4, 0.5) is 0 Å². The molecule has 0 N–H and O–H groups in total. The van der Waals surface area contributed by atoms with Crippen molar-refractivity contribution in [1.29, 1.82) is 0 Å². The van der Waals surface area contributed by atoms with Crippen molar-refractivity contribution in [2.45, 2.75) is 17.5 Å². The Morgan fingerprint density at radius 3 is 2.67 bits per heavy atom. The van der Waals surface area contributed by atoms with Crippen LogP contribution in [-0.4, -0.2) is 32.5 Å². The average molecular weight is 379 g/mol. The molecule has 0 atom stereocenters. The minimum absolute atomic E-state index is 0.591. The summed E-state index contributed by atoms with van der Waals surface area (Å²) in [6, 6.07) is 19.7. The highest BCUT2D eigenvalue weighted by Gasteiger charge is 2.11. The lowest BCUT2D eigenvalue weighted by atomic mass is 10.2. The van der Waals surface area contributed by atoms with Crippen LogP contribution in [0.1, 0.15) is 11.3 Å². The second kappa shape index (κ2) is 8.05. The van der Waals surface area contributed by atoms with E-state index in [4.69, 9.17) is 9.26 Å². The van der Waals surface area contributed by atoms with Gasteiger partial charge in [0.1, 0.15) is 5.75 Å². The summed E-state index contributed by atoms with van der Waals surface area (Å²) >= 11 is 1.52. The van der Waals surface area contributed by atoms with E-state index in [1.807, 2.05) is 60.7 Å². The summed E-state index contributed by atoms with van der Waals surface area (Å²) in [6.45, 7) is 0.591. The van der Waals surface area contributed by atoms with Crippen molar-refractivity contribution in [3.8, 4) is 17.1 Å². The number of nitrogens with zero attached hydrogens (tertiary/aromatic N) is 5. The first kappa shape index (κ1) is 17.3. The van der Waals surface area contributed by atoms with Crippen LogP contribution in [0.5, 0.6) is 5.75 Å². The van der Waals surface area contributed by atoms with Gasteiger partial charge in [0.05, 0.1) is 19.3 Å². The van der Waals surface area contributed by atoms with Gasteiger partial charge in [-0.3, -0.25) is 0 Å². The number of aromatic nitrogens is 5. The minimum atomic E-state index is 0.591. The fourth-order valence-corrected chi connectivity index (χ4v) is 3.32. The van der Waals surface area contributed by atoms with Crippen molar-refractivity contribution in [2.75, 3.05) is 7.11 Å². The number of thioether (sulfide) groups is 1. The average Bonchev–Trinajstić information content (AvgIpc) is 3.37. The summed E-state index contributed by atoms with van der Waals surface area (Å²) in [5, 5.41) is 16.8. The maximum Gasteiger partial charge on any atom is 0.210 e. The zero-order valence-corrected chi connectivity index (χ0v) is 15.5. The first-order valence-electron chi connectivity index (χ1n) is 8.35. The fourth-order valence-electron chi connectivity index (χ4n) is 2.56. The summed E-state index contributed by atoms with van der Waals surface area (Å²) in [7, 11) is 1.65. The smallest absolute Gasteiger partial charge is 0.210 e. The SMILES string of the molecule is COc1ccc(Cn2nnnc2SCc2cc(-c3ccccc3)on2)cc1. The Morgan fingerprint density at radius 1 is 1.07 bits per heavy atom. The summed E-state index contributed by atoms with van der Waals surface area (Å²) in [6.07, 6.45) is 0. The predicted octanol–water partition coefficient (Wildman–Crippen LogP) is 3.68.